The van der Waals surface area contributed by atoms with Gasteiger partial charge in [-0.25, -0.2) is 0 Å². The zero-order valence-corrected chi connectivity index (χ0v) is 16.0. The zero-order chi connectivity index (χ0) is 14.7. The molecule has 0 aliphatic carbocycles. The summed E-state index contributed by atoms with van der Waals surface area (Å²) in [6.45, 7) is 4.17. The molecule has 0 spiro atoms. The second-order valence-electron chi connectivity index (χ2n) is 5.10. The molecule has 3 nitrogen and oxygen atoms in total. The summed E-state index contributed by atoms with van der Waals surface area (Å²) in [6.07, 6.45) is 0. The van der Waals surface area contributed by atoms with Crippen LogP contribution >= 0.6 is 47.8 Å². The van der Waals surface area contributed by atoms with Crippen molar-refractivity contribution in [2.75, 3.05) is 33.3 Å². The molecule has 0 amide bonds. The van der Waals surface area contributed by atoms with Crippen molar-refractivity contribution in [3.63, 3.8) is 0 Å². The Morgan fingerprint density at radius 3 is 2.57 bits per heavy atom. The maximum absolute atomic E-state index is 6.17. The van der Waals surface area contributed by atoms with Crippen molar-refractivity contribution >= 4 is 47.8 Å². The van der Waals surface area contributed by atoms with Crippen molar-refractivity contribution in [1.29, 1.82) is 0 Å². The van der Waals surface area contributed by atoms with Crippen LogP contribution in [0.25, 0.3) is 0 Å². The van der Waals surface area contributed by atoms with Crippen molar-refractivity contribution < 1.29 is 4.74 Å². The van der Waals surface area contributed by atoms with Crippen LogP contribution < -0.4 is 10.1 Å². The molecule has 1 aromatic heterocycles. The van der Waals surface area contributed by atoms with Crippen LogP contribution in [0.4, 0.5) is 0 Å². The van der Waals surface area contributed by atoms with E-state index in [0.717, 1.165) is 31.9 Å². The largest absolute Gasteiger partial charge is 0.495 e. The normalized spacial score (nSPS) is 16.1. The highest BCUT2D eigenvalue weighted by Crippen LogP contribution is 2.35. The van der Waals surface area contributed by atoms with Gasteiger partial charge < -0.3 is 10.1 Å². The van der Waals surface area contributed by atoms with Gasteiger partial charge in [-0.05, 0) is 29.1 Å². The van der Waals surface area contributed by atoms with Crippen molar-refractivity contribution in [3.8, 4) is 5.75 Å². The molecule has 0 saturated carbocycles. The molecule has 1 fully saturated rings. The summed E-state index contributed by atoms with van der Waals surface area (Å²) in [5, 5.41) is 6.21. The van der Waals surface area contributed by atoms with Crippen LogP contribution in [0.5, 0.6) is 5.75 Å². The Balaban J connectivity index is 0.00000132. The minimum Gasteiger partial charge on any atom is -0.495 e. The zero-order valence-electron chi connectivity index (χ0n) is 12.8. The molecule has 1 aliphatic rings. The summed E-state index contributed by atoms with van der Waals surface area (Å²) >= 11 is 7.97. The summed E-state index contributed by atoms with van der Waals surface area (Å²) in [5.74, 6) is 0.742. The fourth-order valence-electron chi connectivity index (χ4n) is 2.79. The number of hydrogen-bond donors (Lipinski definition) is 1. The lowest BCUT2D eigenvalue weighted by atomic mass is 10.0. The average molecular weight is 396 g/mol. The van der Waals surface area contributed by atoms with E-state index < -0.39 is 0 Å². The highest BCUT2D eigenvalue weighted by Gasteiger charge is 2.25. The molecule has 128 valence electrons. The van der Waals surface area contributed by atoms with Crippen LogP contribution in [0.3, 0.4) is 0 Å². The van der Waals surface area contributed by atoms with Crippen LogP contribution in [0.1, 0.15) is 16.5 Å². The monoisotopic (exact) mass is 394 g/mol. The summed E-state index contributed by atoms with van der Waals surface area (Å²) in [4.78, 5) is 3.88. The van der Waals surface area contributed by atoms with Crippen LogP contribution in [-0.2, 0) is 0 Å². The number of ether oxygens (including phenoxy) is 1. The third-order valence-corrected chi connectivity index (χ3v) is 5.06. The first-order valence-corrected chi connectivity index (χ1v) is 8.37. The van der Waals surface area contributed by atoms with Gasteiger partial charge in [-0.1, -0.05) is 23.7 Å². The molecule has 2 aromatic rings. The van der Waals surface area contributed by atoms with E-state index in [1.807, 2.05) is 6.07 Å². The molecule has 0 radical (unpaired) electrons. The van der Waals surface area contributed by atoms with Gasteiger partial charge >= 0.3 is 0 Å². The first-order chi connectivity index (χ1) is 10.3. The van der Waals surface area contributed by atoms with E-state index in [-0.39, 0.29) is 30.9 Å². The number of thiophene rings is 1. The number of nitrogens with one attached hydrogen (secondary N) is 1. The number of rotatable bonds is 4. The number of methoxy groups -OCH3 is 1. The number of halogens is 3. The maximum Gasteiger partial charge on any atom is 0.137 e. The second-order valence-corrected chi connectivity index (χ2v) is 6.48. The predicted molar refractivity (Wildman–Crippen MR) is 103 cm³/mol. The molecular formula is C16H21Cl3N2OS. The summed E-state index contributed by atoms with van der Waals surface area (Å²) in [6, 6.07) is 10.7. The third-order valence-electron chi connectivity index (χ3n) is 3.82. The van der Waals surface area contributed by atoms with E-state index in [1.54, 1.807) is 18.4 Å². The highest BCUT2D eigenvalue weighted by atomic mass is 35.5. The number of piperazine rings is 1. The lowest BCUT2D eigenvalue weighted by Gasteiger charge is -2.35. The smallest absolute Gasteiger partial charge is 0.137 e. The summed E-state index contributed by atoms with van der Waals surface area (Å²) < 4.78 is 5.38. The van der Waals surface area contributed by atoms with Crippen LogP contribution in [0.2, 0.25) is 5.02 Å². The Kier molecular flexibility index (Phi) is 8.69. The lowest BCUT2D eigenvalue weighted by molar-refractivity contribution is 0.200. The highest BCUT2D eigenvalue weighted by molar-refractivity contribution is 7.10. The molecule has 3 rings (SSSR count). The van der Waals surface area contributed by atoms with Crippen LogP contribution in [0, 0.1) is 0 Å². The molecule has 2 heterocycles. The first kappa shape index (κ1) is 20.6. The summed E-state index contributed by atoms with van der Waals surface area (Å²) in [5.41, 5.74) is 1.24. The molecule has 0 unspecified atom stereocenters. The van der Waals surface area contributed by atoms with E-state index in [2.05, 4.69) is 39.9 Å². The van der Waals surface area contributed by atoms with Crippen molar-refractivity contribution in [2.24, 2.45) is 0 Å². The van der Waals surface area contributed by atoms with Gasteiger partial charge in [0.05, 0.1) is 18.2 Å². The Labute approximate surface area is 158 Å². The predicted octanol–water partition coefficient (Wildman–Crippen LogP) is 4.25. The van der Waals surface area contributed by atoms with Crippen LogP contribution in [-0.4, -0.2) is 38.2 Å². The molecule has 23 heavy (non-hydrogen) atoms. The van der Waals surface area contributed by atoms with Gasteiger partial charge in [0, 0.05) is 31.1 Å². The Hall–Kier alpha value is -0.490. The van der Waals surface area contributed by atoms with Gasteiger partial charge in [-0.15, -0.1) is 36.2 Å². The van der Waals surface area contributed by atoms with Crippen molar-refractivity contribution in [3.05, 3.63) is 51.2 Å². The Morgan fingerprint density at radius 1 is 1.22 bits per heavy atom. The number of benzene rings is 1. The quantitative estimate of drug-likeness (QED) is 0.837. The second kappa shape index (κ2) is 9.72. The van der Waals surface area contributed by atoms with Gasteiger partial charge in [-0.3, -0.25) is 4.90 Å². The van der Waals surface area contributed by atoms with E-state index in [1.165, 1.54) is 10.4 Å². The molecule has 1 aliphatic heterocycles. The molecule has 0 bridgehead atoms. The van der Waals surface area contributed by atoms with Crippen LogP contribution in [0.15, 0.2) is 35.7 Å². The Bertz CT molecular complexity index is 589. The number of nitrogens with zero attached hydrogens (tertiary/aromatic N) is 1. The molecule has 1 N–H and O–H groups in total. The molecule has 1 aromatic carbocycles. The van der Waals surface area contributed by atoms with Crippen molar-refractivity contribution in [1.82, 2.24) is 10.2 Å². The maximum atomic E-state index is 6.17. The minimum absolute atomic E-state index is 0. The topological polar surface area (TPSA) is 24.5 Å². The van der Waals surface area contributed by atoms with Gasteiger partial charge in [0.15, 0.2) is 0 Å². The van der Waals surface area contributed by atoms with Gasteiger partial charge in [0.1, 0.15) is 5.75 Å². The number of hydrogen-bond acceptors (Lipinski definition) is 4. The lowest BCUT2D eigenvalue weighted by Crippen LogP contribution is -2.45. The van der Waals surface area contributed by atoms with E-state index in [0.29, 0.717) is 5.02 Å². The fraction of sp³-hybridized carbons (Fsp3) is 0.375. The van der Waals surface area contributed by atoms with Gasteiger partial charge in [-0.2, -0.15) is 0 Å². The third kappa shape index (κ3) is 4.75. The van der Waals surface area contributed by atoms with Gasteiger partial charge in [0.2, 0.25) is 0 Å². The average Bonchev–Trinajstić information content (AvgIpc) is 3.04. The summed E-state index contributed by atoms with van der Waals surface area (Å²) in [7, 11) is 1.66. The molecule has 1 atom stereocenters. The van der Waals surface area contributed by atoms with E-state index in [4.69, 9.17) is 16.3 Å². The minimum atomic E-state index is 0. The standard InChI is InChI=1S/C16H19ClN2OS.2ClH/c1-20-14-11-12(4-5-13(14)17)16(15-3-2-10-21-15)19-8-6-18-7-9-19;;/h2-5,10-11,16,18H,6-9H2,1H3;2*1H/t16-;;/m0../s1. The first-order valence-electron chi connectivity index (χ1n) is 7.11. The van der Waals surface area contributed by atoms with Gasteiger partial charge in [0.25, 0.3) is 0 Å². The van der Waals surface area contributed by atoms with E-state index in [9.17, 15) is 0 Å². The van der Waals surface area contributed by atoms with E-state index >= 15 is 0 Å². The fourth-order valence-corrected chi connectivity index (χ4v) is 3.87. The molecule has 7 heteroatoms. The molecular weight excluding hydrogens is 375 g/mol. The van der Waals surface area contributed by atoms with Crippen molar-refractivity contribution in [2.45, 2.75) is 6.04 Å². The SMILES string of the molecule is COc1cc([C@@H](c2cccs2)N2CCNCC2)ccc1Cl.Cl.Cl. The Morgan fingerprint density at radius 2 is 1.96 bits per heavy atom. The molecule has 1 saturated heterocycles.